The Kier molecular flexibility index (Phi) is 3.05. The molecule has 0 saturated carbocycles. The van der Waals surface area contributed by atoms with Gasteiger partial charge in [-0.25, -0.2) is 4.39 Å². The van der Waals surface area contributed by atoms with E-state index in [1.807, 2.05) is 6.92 Å². The molecule has 0 heterocycles. The zero-order valence-electron chi connectivity index (χ0n) is 7.55. The van der Waals surface area contributed by atoms with Gasteiger partial charge in [0.15, 0.2) is 0 Å². The molecular weight excluding hydrogens is 165 g/mol. The Labute approximate surface area is 77.8 Å². The molecule has 1 atom stereocenters. The van der Waals surface area contributed by atoms with Crippen molar-refractivity contribution >= 4 is 0 Å². The van der Waals surface area contributed by atoms with Crippen molar-refractivity contribution in [1.29, 1.82) is 0 Å². The van der Waals surface area contributed by atoms with Crippen LogP contribution in [-0.2, 0) is 0 Å². The molecular formula is C11H12FN. The molecule has 1 aromatic carbocycles. The van der Waals surface area contributed by atoms with Crippen LogP contribution in [0.4, 0.5) is 4.39 Å². The highest BCUT2D eigenvalue weighted by Gasteiger charge is 2.09. The van der Waals surface area contributed by atoms with Crippen LogP contribution in [0.15, 0.2) is 18.2 Å². The van der Waals surface area contributed by atoms with Gasteiger partial charge in [0.05, 0.1) is 0 Å². The van der Waals surface area contributed by atoms with Crippen molar-refractivity contribution in [3.8, 4) is 12.3 Å². The summed E-state index contributed by atoms with van der Waals surface area (Å²) >= 11 is 0. The number of rotatable bonds is 2. The van der Waals surface area contributed by atoms with E-state index in [9.17, 15) is 4.39 Å². The molecule has 2 N–H and O–H groups in total. The van der Waals surface area contributed by atoms with Crippen molar-refractivity contribution in [2.45, 2.75) is 19.4 Å². The maximum absolute atomic E-state index is 13.2. The molecule has 0 aliphatic rings. The summed E-state index contributed by atoms with van der Waals surface area (Å²) < 4.78 is 13.2. The number of benzene rings is 1. The number of halogens is 1. The Morgan fingerprint density at radius 2 is 2.31 bits per heavy atom. The van der Waals surface area contributed by atoms with Gasteiger partial charge in [0.2, 0.25) is 0 Å². The number of nitrogens with two attached hydrogens (primary N) is 1. The average Bonchev–Trinajstić information content (AvgIpc) is 2.09. The third-order valence-electron chi connectivity index (χ3n) is 1.89. The molecule has 0 fully saturated rings. The van der Waals surface area contributed by atoms with Crippen molar-refractivity contribution < 1.29 is 4.39 Å². The van der Waals surface area contributed by atoms with Crippen molar-refractivity contribution in [2.24, 2.45) is 5.73 Å². The molecule has 0 radical (unpaired) electrons. The summed E-state index contributed by atoms with van der Waals surface area (Å²) in [5.41, 5.74) is 7.18. The lowest BCUT2D eigenvalue weighted by molar-refractivity contribution is 0.585. The first kappa shape index (κ1) is 9.76. The second-order valence-electron chi connectivity index (χ2n) is 3.04. The van der Waals surface area contributed by atoms with Crippen LogP contribution in [0, 0.1) is 25.1 Å². The summed E-state index contributed by atoms with van der Waals surface area (Å²) in [4.78, 5) is 0. The first-order chi connectivity index (χ1) is 6.15. The maximum atomic E-state index is 13.2. The highest BCUT2D eigenvalue weighted by molar-refractivity contribution is 5.27. The lowest BCUT2D eigenvalue weighted by atomic mass is 10.0. The van der Waals surface area contributed by atoms with Crippen LogP contribution >= 0.6 is 0 Å². The standard InChI is InChI=1S/C11H12FN/c1-3-4-11(13)9-7-8(2)5-6-10(9)12/h1,5-7,11H,4,13H2,2H3. The van der Waals surface area contributed by atoms with Gasteiger partial charge in [0.25, 0.3) is 0 Å². The normalized spacial score (nSPS) is 12.2. The molecule has 1 rings (SSSR count). The molecule has 0 aliphatic carbocycles. The monoisotopic (exact) mass is 177 g/mol. The summed E-state index contributed by atoms with van der Waals surface area (Å²) in [7, 11) is 0. The summed E-state index contributed by atoms with van der Waals surface area (Å²) in [6.45, 7) is 1.89. The fraction of sp³-hybridized carbons (Fsp3) is 0.273. The van der Waals surface area contributed by atoms with Gasteiger partial charge in [0.1, 0.15) is 5.82 Å². The highest BCUT2D eigenvalue weighted by Crippen LogP contribution is 2.18. The van der Waals surface area contributed by atoms with E-state index in [1.165, 1.54) is 6.07 Å². The molecule has 0 amide bonds. The van der Waals surface area contributed by atoms with Crippen LogP contribution in [0.3, 0.4) is 0 Å². The van der Waals surface area contributed by atoms with Crippen molar-refractivity contribution in [1.82, 2.24) is 0 Å². The Hall–Kier alpha value is -1.33. The predicted octanol–water partition coefficient (Wildman–Crippen LogP) is 2.16. The zero-order valence-corrected chi connectivity index (χ0v) is 7.55. The second kappa shape index (κ2) is 4.06. The lowest BCUT2D eigenvalue weighted by Gasteiger charge is -2.10. The van der Waals surface area contributed by atoms with E-state index >= 15 is 0 Å². The van der Waals surface area contributed by atoms with Gasteiger partial charge in [-0.05, 0) is 13.0 Å². The Bertz CT molecular complexity index is 338. The maximum Gasteiger partial charge on any atom is 0.128 e. The van der Waals surface area contributed by atoms with Crippen molar-refractivity contribution in [2.75, 3.05) is 0 Å². The fourth-order valence-electron chi connectivity index (χ4n) is 1.18. The molecule has 0 bridgehead atoms. The van der Waals surface area contributed by atoms with Gasteiger partial charge in [-0.15, -0.1) is 12.3 Å². The highest BCUT2D eigenvalue weighted by atomic mass is 19.1. The lowest BCUT2D eigenvalue weighted by Crippen LogP contribution is -2.11. The number of hydrogen-bond acceptors (Lipinski definition) is 1. The summed E-state index contributed by atoms with van der Waals surface area (Å²) in [5, 5.41) is 0. The zero-order chi connectivity index (χ0) is 9.84. The first-order valence-corrected chi connectivity index (χ1v) is 4.10. The minimum atomic E-state index is -0.398. The Balaban J connectivity index is 3.00. The largest absolute Gasteiger partial charge is 0.323 e. The molecule has 13 heavy (non-hydrogen) atoms. The summed E-state index contributed by atoms with van der Waals surface area (Å²) in [5.74, 6) is 2.14. The van der Waals surface area contributed by atoms with Crippen molar-refractivity contribution in [3.05, 3.63) is 35.1 Å². The average molecular weight is 177 g/mol. The molecule has 1 aromatic rings. The van der Waals surface area contributed by atoms with Gasteiger partial charge >= 0.3 is 0 Å². The van der Waals surface area contributed by atoms with Crippen LogP contribution in [0.2, 0.25) is 0 Å². The second-order valence-corrected chi connectivity index (χ2v) is 3.04. The molecule has 0 spiro atoms. The van der Waals surface area contributed by atoms with Gasteiger partial charge in [0, 0.05) is 18.0 Å². The van der Waals surface area contributed by atoms with Crippen LogP contribution in [0.5, 0.6) is 0 Å². The van der Waals surface area contributed by atoms with Crippen LogP contribution in [-0.4, -0.2) is 0 Å². The van der Waals surface area contributed by atoms with Crippen molar-refractivity contribution in [3.63, 3.8) is 0 Å². The van der Waals surface area contributed by atoms with Gasteiger partial charge in [-0.2, -0.15) is 0 Å². The Morgan fingerprint density at radius 3 is 2.92 bits per heavy atom. The van der Waals surface area contributed by atoms with E-state index in [4.69, 9.17) is 12.2 Å². The number of aryl methyl sites for hydroxylation is 1. The van der Waals surface area contributed by atoms with Gasteiger partial charge in [-0.1, -0.05) is 17.7 Å². The quantitative estimate of drug-likeness (QED) is 0.688. The smallest absolute Gasteiger partial charge is 0.128 e. The molecule has 68 valence electrons. The fourth-order valence-corrected chi connectivity index (χ4v) is 1.18. The number of hydrogen-bond donors (Lipinski definition) is 1. The third-order valence-corrected chi connectivity index (χ3v) is 1.89. The van der Waals surface area contributed by atoms with E-state index in [-0.39, 0.29) is 5.82 Å². The molecule has 2 heteroatoms. The summed E-state index contributed by atoms with van der Waals surface area (Å²) in [6.07, 6.45) is 5.46. The van der Waals surface area contributed by atoms with E-state index in [1.54, 1.807) is 12.1 Å². The van der Waals surface area contributed by atoms with Gasteiger partial charge < -0.3 is 5.73 Å². The number of terminal acetylenes is 1. The van der Waals surface area contributed by atoms with Gasteiger partial charge in [-0.3, -0.25) is 0 Å². The van der Waals surface area contributed by atoms with E-state index in [0.717, 1.165) is 5.56 Å². The first-order valence-electron chi connectivity index (χ1n) is 4.10. The molecule has 0 aliphatic heterocycles. The van der Waals surface area contributed by atoms with Crippen LogP contribution in [0.25, 0.3) is 0 Å². The molecule has 0 saturated heterocycles. The summed E-state index contributed by atoms with van der Waals surface area (Å²) in [6, 6.07) is 4.46. The topological polar surface area (TPSA) is 26.0 Å². The van der Waals surface area contributed by atoms with E-state index in [0.29, 0.717) is 12.0 Å². The molecule has 1 unspecified atom stereocenters. The van der Waals surface area contributed by atoms with E-state index < -0.39 is 6.04 Å². The SMILES string of the molecule is C#CCC(N)c1cc(C)ccc1F. The Morgan fingerprint density at radius 1 is 1.62 bits per heavy atom. The third kappa shape index (κ3) is 2.30. The predicted molar refractivity (Wildman–Crippen MR) is 51.5 cm³/mol. The molecule has 1 nitrogen and oxygen atoms in total. The molecule has 0 aromatic heterocycles. The van der Waals surface area contributed by atoms with E-state index in [2.05, 4.69) is 5.92 Å². The minimum absolute atomic E-state index is 0.284. The van der Waals surface area contributed by atoms with Crippen LogP contribution < -0.4 is 5.73 Å². The minimum Gasteiger partial charge on any atom is -0.323 e. The van der Waals surface area contributed by atoms with Crippen LogP contribution in [0.1, 0.15) is 23.6 Å².